The van der Waals surface area contributed by atoms with Crippen molar-refractivity contribution in [2.24, 2.45) is 17.8 Å². The lowest BCUT2D eigenvalue weighted by atomic mass is 9.68. The quantitative estimate of drug-likeness (QED) is 0.0737. The van der Waals surface area contributed by atoms with Gasteiger partial charge in [0, 0.05) is 79.6 Å². The van der Waals surface area contributed by atoms with Crippen LogP contribution in [0.4, 0.5) is 31.5 Å². The highest BCUT2D eigenvalue weighted by atomic mass is 35.5. The van der Waals surface area contributed by atoms with Gasteiger partial charge in [-0.25, -0.2) is 8.78 Å². The molecular weight excluding hydrogens is 1010 g/mol. The number of nitriles is 2. The van der Waals surface area contributed by atoms with E-state index in [0.29, 0.717) is 64.1 Å². The Hall–Kier alpha value is -7.37. The maximum Gasteiger partial charge on any atom is 0.246 e. The average molecular weight is 1060 g/mol. The molecule has 2 amide bonds. The molecule has 4 aromatic carbocycles. The van der Waals surface area contributed by atoms with E-state index in [2.05, 4.69) is 45.9 Å². The first kappa shape index (κ1) is 51.5. The average Bonchev–Trinajstić information content (AvgIpc) is 3.41. The van der Waals surface area contributed by atoms with Gasteiger partial charge in [-0.1, -0.05) is 67.9 Å². The summed E-state index contributed by atoms with van der Waals surface area (Å²) in [6.07, 6.45) is 6.26. The van der Waals surface area contributed by atoms with Crippen molar-refractivity contribution in [2.75, 3.05) is 44.5 Å². The number of rotatable bonds is 15. The summed E-state index contributed by atoms with van der Waals surface area (Å²) in [5.74, 6) is -0.616. The molecule has 3 aliphatic heterocycles. The van der Waals surface area contributed by atoms with Crippen LogP contribution in [0.15, 0.2) is 86.2 Å². The minimum Gasteiger partial charge on any atom is -0.493 e. The first-order chi connectivity index (χ1) is 35.6. The predicted octanol–water partition coefficient (Wildman–Crippen LogP) is 11.9. The number of hydrogen-bond acceptors (Lipinski definition) is 12. The second-order valence-electron chi connectivity index (χ2n) is 18.9. The number of aromatic nitrogens is 2. The number of fused-ring (bicyclic) bond motifs is 4. The van der Waals surface area contributed by atoms with Crippen molar-refractivity contribution in [1.82, 2.24) is 19.8 Å². The predicted molar refractivity (Wildman–Crippen MR) is 280 cm³/mol. The van der Waals surface area contributed by atoms with Crippen molar-refractivity contribution in [3.8, 4) is 35.1 Å². The number of nitrogens with one attached hydrogen (secondary N) is 2. The lowest BCUT2D eigenvalue weighted by molar-refractivity contribution is -0.142. The highest BCUT2D eigenvalue weighted by molar-refractivity contribution is 6.42. The third kappa shape index (κ3) is 9.31. The number of anilines is 4. The number of methoxy groups -OCH3 is 2. The molecule has 0 unspecified atom stereocenters. The van der Waals surface area contributed by atoms with Gasteiger partial charge < -0.3 is 39.4 Å². The Bertz CT molecular complexity index is 3370. The van der Waals surface area contributed by atoms with Crippen LogP contribution >= 0.6 is 34.8 Å². The second kappa shape index (κ2) is 20.9. The van der Waals surface area contributed by atoms with Crippen molar-refractivity contribution in [1.29, 1.82) is 10.5 Å². The number of nitrogens with zero attached hydrogens (tertiary/aromatic N) is 6. The number of pyridine rings is 2. The van der Waals surface area contributed by atoms with E-state index in [1.54, 1.807) is 46.2 Å². The van der Waals surface area contributed by atoms with Crippen LogP contribution in [0.5, 0.6) is 23.0 Å². The number of ether oxygens (including phenoxy) is 4. The van der Waals surface area contributed by atoms with Crippen molar-refractivity contribution >= 4 is 91.2 Å². The van der Waals surface area contributed by atoms with Crippen LogP contribution in [0.25, 0.3) is 21.8 Å². The Labute approximate surface area is 441 Å². The van der Waals surface area contributed by atoms with E-state index >= 15 is 8.78 Å². The first-order valence-electron chi connectivity index (χ1n) is 23.7. The van der Waals surface area contributed by atoms with Crippen LogP contribution < -0.4 is 29.6 Å². The van der Waals surface area contributed by atoms with Crippen LogP contribution in [0.1, 0.15) is 49.8 Å². The van der Waals surface area contributed by atoms with Crippen LogP contribution in [0.2, 0.25) is 15.1 Å². The molecule has 0 spiro atoms. The summed E-state index contributed by atoms with van der Waals surface area (Å²) >= 11 is 19.2. The highest BCUT2D eigenvalue weighted by Gasteiger charge is 2.50. The maximum absolute atomic E-state index is 16.9. The summed E-state index contributed by atoms with van der Waals surface area (Å²) in [5.41, 5.74) is 0.996. The van der Waals surface area contributed by atoms with Crippen LogP contribution in [-0.2, 0) is 16.0 Å². The fourth-order valence-corrected chi connectivity index (χ4v) is 11.2. The molecule has 2 N–H and O–H groups in total. The molecule has 14 nitrogen and oxygen atoms in total. The monoisotopic (exact) mass is 1060 g/mol. The summed E-state index contributed by atoms with van der Waals surface area (Å²) in [5, 5.41) is 27.0. The number of amides is 2. The Morgan fingerprint density at radius 3 is 1.88 bits per heavy atom. The van der Waals surface area contributed by atoms with Gasteiger partial charge in [0.25, 0.3) is 0 Å². The summed E-state index contributed by atoms with van der Waals surface area (Å²) < 4.78 is 57.2. The highest BCUT2D eigenvalue weighted by Crippen LogP contribution is 2.48. The Kier molecular flexibility index (Phi) is 14.5. The molecule has 6 aromatic rings. The van der Waals surface area contributed by atoms with Gasteiger partial charge in [0.15, 0.2) is 34.6 Å². The molecular formula is C55H49Cl3F2N8O6. The fraction of sp³-hybridized carbons (Fsp3) is 0.309. The lowest BCUT2D eigenvalue weighted by Crippen LogP contribution is -2.62. The molecule has 1 saturated carbocycles. The molecule has 5 atom stereocenters. The number of piperidine rings is 3. The van der Waals surface area contributed by atoms with Crippen molar-refractivity contribution in [3.05, 3.63) is 130 Å². The van der Waals surface area contributed by atoms with Gasteiger partial charge in [-0.15, -0.1) is 0 Å². The minimum absolute atomic E-state index is 0.0165. The summed E-state index contributed by atoms with van der Waals surface area (Å²) in [7, 11) is 3.00. The first-order valence-corrected chi connectivity index (χ1v) is 24.8. The molecule has 2 bridgehead atoms. The van der Waals surface area contributed by atoms with Crippen LogP contribution in [0.3, 0.4) is 0 Å². The van der Waals surface area contributed by atoms with Gasteiger partial charge in [-0.3, -0.25) is 19.6 Å². The second-order valence-corrected chi connectivity index (χ2v) is 20.0. The number of likely N-dealkylation sites (tertiary alicyclic amines) is 1. The number of carbonyl (C=O) groups is 2. The van der Waals surface area contributed by atoms with Gasteiger partial charge >= 0.3 is 0 Å². The van der Waals surface area contributed by atoms with E-state index in [4.69, 9.17) is 53.8 Å². The fourth-order valence-electron chi connectivity index (χ4n) is 10.6. The zero-order valence-electron chi connectivity index (χ0n) is 40.7. The van der Waals surface area contributed by atoms with Gasteiger partial charge in [-0.2, -0.15) is 10.5 Å². The van der Waals surface area contributed by atoms with E-state index in [9.17, 15) is 20.1 Å². The number of carbonyl (C=O) groups excluding carboxylic acids is 2. The third-order valence-electron chi connectivity index (χ3n) is 14.6. The molecule has 380 valence electrons. The van der Waals surface area contributed by atoms with Crippen molar-refractivity contribution < 1.29 is 37.3 Å². The molecule has 4 fully saturated rings. The minimum atomic E-state index is -1.000. The number of hydrogen-bond donors (Lipinski definition) is 2. The molecule has 10 rings (SSSR count). The molecule has 2 aromatic heterocycles. The summed E-state index contributed by atoms with van der Waals surface area (Å²) in [6.45, 7) is 12.7. The summed E-state index contributed by atoms with van der Waals surface area (Å²) in [4.78, 5) is 38.6. The van der Waals surface area contributed by atoms with E-state index in [1.807, 2.05) is 13.8 Å². The topological polar surface area (TPSA) is 175 Å². The smallest absolute Gasteiger partial charge is 0.246 e. The van der Waals surface area contributed by atoms with E-state index < -0.39 is 23.3 Å². The number of benzene rings is 4. The van der Waals surface area contributed by atoms with Crippen molar-refractivity contribution in [2.45, 2.75) is 57.3 Å². The van der Waals surface area contributed by atoms with Gasteiger partial charge in [-0.05, 0) is 66.8 Å². The molecule has 5 heterocycles. The van der Waals surface area contributed by atoms with Crippen molar-refractivity contribution in [3.63, 3.8) is 0 Å². The van der Waals surface area contributed by atoms with Gasteiger partial charge in [0.05, 0.1) is 79.7 Å². The van der Waals surface area contributed by atoms with Gasteiger partial charge in [0.1, 0.15) is 24.3 Å². The normalized spacial score (nSPS) is 20.0. The maximum atomic E-state index is 16.9. The molecule has 0 radical (unpaired) electrons. The number of halogens is 5. The third-order valence-corrected chi connectivity index (χ3v) is 15.7. The zero-order chi connectivity index (χ0) is 52.7. The van der Waals surface area contributed by atoms with Crippen LogP contribution in [0, 0.1) is 52.1 Å². The van der Waals surface area contributed by atoms with E-state index in [-0.39, 0.29) is 110 Å². The molecule has 4 aliphatic rings. The molecule has 19 heteroatoms. The largest absolute Gasteiger partial charge is 0.493 e. The SMILES string of the molecule is C=CC(=O)N1C[C@H]2C[C@@H](C1)[C@H]2Oc1cc2c(Nc3ccc(C[C@@]4(C(C)C)C[C@@H](Oc5cc6c(Nc7ccc(Cl)c(Cl)c7F)c(C#N)cnc6cc5OC)CCN4C(=O)C=C)c(Cl)c3F)c(C#N)cnc2cc1OC. The van der Waals surface area contributed by atoms with Crippen LogP contribution in [-0.4, -0.2) is 83.2 Å². The Morgan fingerprint density at radius 1 is 0.811 bits per heavy atom. The molecule has 74 heavy (non-hydrogen) atoms. The Morgan fingerprint density at radius 2 is 1.35 bits per heavy atom. The standard InChI is InChI=1S/C55H49Cl3F2N8O6/c1-7-46(69)67-26-30-15-31(27-67)54(30)74-45-17-36-41(19-43(45)72-6)64-25-33(23-62)53(36)65-38-11-9-29(48(57)50(38)59)20-55(28(3)4)21-34(13-14-68(55)47(70)8-2)73-44-16-35-40(18-42(44)71-5)63-24-32(22-61)52(35)66-39-12-10-37(56)49(58)51(39)60/h7-12,16-19,24-25,28,30-31,34,54H,1-2,13-15,20-21,26-27H2,3-6H3,(H,63,66)(H,64,65)/t30-,31+,34-,54+,55-/m0/s1. The summed E-state index contributed by atoms with van der Waals surface area (Å²) in [6, 6.07) is 17.1. The molecule has 1 aliphatic carbocycles. The lowest BCUT2D eigenvalue weighted by Gasteiger charge is -2.52. The zero-order valence-corrected chi connectivity index (χ0v) is 43.0. The Balaban J connectivity index is 1.02. The van der Waals surface area contributed by atoms with E-state index in [0.717, 1.165) is 6.42 Å². The van der Waals surface area contributed by atoms with E-state index in [1.165, 1.54) is 50.9 Å². The van der Waals surface area contributed by atoms with Gasteiger partial charge in [0.2, 0.25) is 11.8 Å². The molecule has 3 saturated heterocycles.